The van der Waals surface area contributed by atoms with Crippen LogP contribution in [0.15, 0.2) is 6.20 Å². The molecule has 2 rings (SSSR count). The molecule has 1 saturated carbocycles. The second-order valence-electron chi connectivity index (χ2n) is 5.59. The summed E-state index contributed by atoms with van der Waals surface area (Å²) in [6.07, 6.45) is 7.62. The van der Waals surface area contributed by atoms with Crippen molar-refractivity contribution in [3.8, 4) is 0 Å². The van der Waals surface area contributed by atoms with Gasteiger partial charge in [-0.25, -0.2) is 9.97 Å². The molecule has 0 bridgehead atoms. The Kier molecular flexibility index (Phi) is 5.14. The molecule has 4 nitrogen and oxygen atoms in total. The molecule has 1 aromatic rings. The number of aromatic nitrogens is 2. The molecule has 0 radical (unpaired) electrons. The van der Waals surface area contributed by atoms with Crippen LogP contribution in [-0.2, 0) is 6.42 Å². The van der Waals surface area contributed by atoms with Crippen LogP contribution in [0, 0.1) is 18.8 Å². The summed E-state index contributed by atoms with van der Waals surface area (Å²) in [5.74, 6) is 3.06. The quantitative estimate of drug-likeness (QED) is 0.857. The van der Waals surface area contributed by atoms with Crippen molar-refractivity contribution >= 4 is 5.82 Å². The molecule has 1 heterocycles. The van der Waals surface area contributed by atoms with Gasteiger partial charge in [-0.3, -0.25) is 0 Å². The van der Waals surface area contributed by atoms with Crippen LogP contribution < -0.4 is 5.32 Å². The molecule has 0 atom stereocenters. The number of hydrogen-bond acceptors (Lipinski definition) is 4. The van der Waals surface area contributed by atoms with E-state index in [1.807, 2.05) is 13.1 Å². The van der Waals surface area contributed by atoms with Crippen LogP contribution >= 0.6 is 0 Å². The summed E-state index contributed by atoms with van der Waals surface area (Å²) in [6, 6.07) is 0. The third kappa shape index (κ3) is 3.90. The molecule has 0 spiro atoms. The summed E-state index contributed by atoms with van der Waals surface area (Å²) < 4.78 is 0. The predicted octanol–water partition coefficient (Wildman–Crippen LogP) is 2.56. The number of aliphatic hydroxyl groups is 1. The second-order valence-corrected chi connectivity index (χ2v) is 5.59. The largest absolute Gasteiger partial charge is 0.396 e. The summed E-state index contributed by atoms with van der Waals surface area (Å²) in [5, 5.41) is 12.6. The smallest absolute Gasteiger partial charge is 0.132 e. The van der Waals surface area contributed by atoms with Crippen molar-refractivity contribution in [1.82, 2.24) is 9.97 Å². The Morgan fingerprint density at radius 2 is 1.95 bits per heavy atom. The van der Waals surface area contributed by atoms with Gasteiger partial charge < -0.3 is 10.4 Å². The van der Waals surface area contributed by atoms with Crippen LogP contribution in [0.1, 0.15) is 44.0 Å². The number of rotatable bonds is 5. The molecule has 0 unspecified atom stereocenters. The average Bonchev–Trinajstić information content (AvgIpc) is 2.46. The molecule has 4 heteroatoms. The van der Waals surface area contributed by atoms with Crippen LogP contribution in [0.3, 0.4) is 0 Å². The second kappa shape index (κ2) is 6.85. The zero-order valence-corrected chi connectivity index (χ0v) is 12.0. The van der Waals surface area contributed by atoms with E-state index in [1.54, 1.807) is 0 Å². The number of hydrogen-bond donors (Lipinski definition) is 2. The zero-order valence-electron chi connectivity index (χ0n) is 12.0. The van der Waals surface area contributed by atoms with E-state index in [4.69, 9.17) is 5.11 Å². The predicted molar refractivity (Wildman–Crippen MR) is 77.2 cm³/mol. The molecule has 0 aromatic carbocycles. The first kappa shape index (κ1) is 14.3. The maximum atomic E-state index is 9.15. The molecule has 0 aliphatic heterocycles. The van der Waals surface area contributed by atoms with Crippen molar-refractivity contribution in [2.24, 2.45) is 11.8 Å². The normalized spacial score (nSPS) is 23.3. The van der Waals surface area contributed by atoms with Crippen molar-refractivity contribution in [2.75, 3.05) is 18.5 Å². The van der Waals surface area contributed by atoms with Gasteiger partial charge in [0.25, 0.3) is 0 Å². The molecule has 1 aliphatic rings. The first-order chi connectivity index (χ1) is 9.22. The van der Waals surface area contributed by atoms with Crippen molar-refractivity contribution in [3.05, 3.63) is 17.6 Å². The summed E-state index contributed by atoms with van der Waals surface area (Å²) in [4.78, 5) is 8.74. The van der Waals surface area contributed by atoms with Gasteiger partial charge in [-0.05, 0) is 50.9 Å². The minimum absolute atomic E-state index is 0.352. The lowest BCUT2D eigenvalue weighted by atomic mass is 9.82. The average molecular weight is 263 g/mol. The van der Waals surface area contributed by atoms with Crippen LogP contribution in [0.5, 0.6) is 0 Å². The first-order valence-electron chi connectivity index (χ1n) is 7.40. The van der Waals surface area contributed by atoms with Crippen LogP contribution in [0.2, 0.25) is 0 Å². The Balaban J connectivity index is 1.87. The summed E-state index contributed by atoms with van der Waals surface area (Å²) in [6.45, 7) is 5.40. The van der Waals surface area contributed by atoms with E-state index in [0.717, 1.165) is 37.4 Å². The lowest BCUT2D eigenvalue weighted by Crippen LogP contribution is -2.23. The van der Waals surface area contributed by atoms with Gasteiger partial charge in [0.05, 0.1) is 0 Å². The first-order valence-corrected chi connectivity index (χ1v) is 7.40. The van der Waals surface area contributed by atoms with E-state index in [2.05, 4.69) is 22.2 Å². The summed E-state index contributed by atoms with van der Waals surface area (Å²) in [7, 11) is 0. The standard InChI is InChI=1S/C15H25N3O/c1-3-14-9-16-11(2)18-15(14)17-8-12-4-6-13(10-19)7-5-12/h9,12-13,19H,3-8,10H2,1-2H3,(H,16,17,18). The fourth-order valence-corrected chi connectivity index (χ4v) is 2.77. The van der Waals surface area contributed by atoms with E-state index in [-0.39, 0.29) is 0 Å². The van der Waals surface area contributed by atoms with Gasteiger partial charge in [-0.2, -0.15) is 0 Å². The van der Waals surface area contributed by atoms with Crippen molar-refractivity contribution in [1.29, 1.82) is 0 Å². The fourth-order valence-electron chi connectivity index (χ4n) is 2.77. The van der Waals surface area contributed by atoms with Gasteiger partial charge in [0.2, 0.25) is 0 Å². The number of nitrogens with zero attached hydrogens (tertiary/aromatic N) is 2. The van der Waals surface area contributed by atoms with Crippen LogP contribution in [0.4, 0.5) is 5.82 Å². The highest BCUT2D eigenvalue weighted by atomic mass is 16.3. The lowest BCUT2D eigenvalue weighted by Gasteiger charge is -2.27. The molecule has 0 saturated heterocycles. The van der Waals surface area contributed by atoms with Crippen molar-refractivity contribution < 1.29 is 5.11 Å². The third-order valence-electron chi connectivity index (χ3n) is 4.15. The third-order valence-corrected chi connectivity index (χ3v) is 4.15. The Morgan fingerprint density at radius 1 is 1.26 bits per heavy atom. The Morgan fingerprint density at radius 3 is 2.58 bits per heavy atom. The van der Waals surface area contributed by atoms with E-state index < -0.39 is 0 Å². The SMILES string of the molecule is CCc1cnc(C)nc1NCC1CCC(CO)CC1. The molecule has 1 aliphatic carbocycles. The van der Waals surface area contributed by atoms with E-state index >= 15 is 0 Å². The molecular formula is C15H25N3O. The Bertz CT molecular complexity index is 400. The van der Waals surface area contributed by atoms with Crippen LogP contribution in [0.25, 0.3) is 0 Å². The molecule has 1 aromatic heterocycles. The highest BCUT2D eigenvalue weighted by Gasteiger charge is 2.20. The van der Waals surface area contributed by atoms with Gasteiger partial charge in [0, 0.05) is 24.9 Å². The minimum atomic E-state index is 0.352. The molecule has 0 amide bonds. The fraction of sp³-hybridized carbons (Fsp3) is 0.733. The van der Waals surface area contributed by atoms with Gasteiger partial charge in [0.1, 0.15) is 11.6 Å². The number of nitrogens with one attached hydrogen (secondary N) is 1. The van der Waals surface area contributed by atoms with E-state index in [0.29, 0.717) is 18.4 Å². The number of aliphatic hydroxyl groups excluding tert-OH is 1. The molecule has 106 valence electrons. The van der Waals surface area contributed by atoms with Crippen molar-refractivity contribution in [3.63, 3.8) is 0 Å². The number of anilines is 1. The Hall–Kier alpha value is -1.16. The maximum absolute atomic E-state index is 9.15. The summed E-state index contributed by atoms with van der Waals surface area (Å²) >= 11 is 0. The topological polar surface area (TPSA) is 58.0 Å². The monoisotopic (exact) mass is 263 g/mol. The minimum Gasteiger partial charge on any atom is -0.396 e. The molecular weight excluding hydrogens is 238 g/mol. The highest BCUT2D eigenvalue weighted by molar-refractivity contribution is 5.42. The summed E-state index contributed by atoms with van der Waals surface area (Å²) in [5.41, 5.74) is 1.19. The zero-order chi connectivity index (χ0) is 13.7. The molecule has 19 heavy (non-hydrogen) atoms. The van der Waals surface area contributed by atoms with Crippen LogP contribution in [-0.4, -0.2) is 28.2 Å². The van der Waals surface area contributed by atoms with Gasteiger partial charge >= 0.3 is 0 Å². The highest BCUT2D eigenvalue weighted by Crippen LogP contribution is 2.28. The van der Waals surface area contributed by atoms with E-state index in [9.17, 15) is 0 Å². The lowest BCUT2D eigenvalue weighted by molar-refractivity contribution is 0.170. The maximum Gasteiger partial charge on any atom is 0.132 e. The molecule has 2 N–H and O–H groups in total. The van der Waals surface area contributed by atoms with E-state index in [1.165, 1.54) is 18.4 Å². The molecule has 1 fully saturated rings. The van der Waals surface area contributed by atoms with Crippen molar-refractivity contribution in [2.45, 2.75) is 46.0 Å². The van der Waals surface area contributed by atoms with Gasteiger partial charge in [0.15, 0.2) is 0 Å². The van der Waals surface area contributed by atoms with Gasteiger partial charge in [-0.1, -0.05) is 6.92 Å². The van der Waals surface area contributed by atoms with Gasteiger partial charge in [-0.15, -0.1) is 0 Å². The Labute approximate surface area is 115 Å². The number of aryl methyl sites for hydroxylation is 2.